The highest BCUT2D eigenvalue weighted by Crippen LogP contribution is 2.33. The second-order valence-electron chi connectivity index (χ2n) is 3.79. The standard InChI is InChI=1S/C9H13F3O4/c10-9(11,12)16-5-3-8(7(13)14)2-1-4-15-6-8/h1-6H2,(H,13,14). The van der Waals surface area contributed by atoms with Gasteiger partial charge in [-0.1, -0.05) is 0 Å². The zero-order valence-corrected chi connectivity index (χ0v) is 8.55. The van der Waals surface area contributed by atoms with E-state index in [0.29, 0.717) is 19.4 Å². The van der Waals surface area contributed by atoms with Crippen molar-refractivity contribution < 1.29 is 32.5 Å². The molecule has 1 rings (SSSR count). The lowest BCUT2D eigenvalue weighted by Gasteiger charge is -2.32. The van der Waals surface area contributed by atoms with E-state index in [2.05, 4.69) is 4.74 Å². The predicted octanol–water partition coefficient (Wildman–Crippen LogP) is 1.79. The summed E-state index contributed by atoms with van der Waals surface area (Å²) in [6.07, 6.45) is -4.04. The summed E-state index contributed by atoms with van der Waals surface area (Å²) in [7, 11) is 0. The number of alkyl halides is 3. The van der Waals surface area contributed by atoms with Crippen LogP contribution in [0.2, 0.25) is 0 Å². The summed E-state index contributed by atoms with van der Waals surface area (Å²) in [6, 6.07) is 0. The summed E-state index contributed by atoms with van der Waals surface area (Å²) in [5.41, 5.74) is -1.23. The van der Waals surface area contributed by atoms with Crippen LogP contribution in [0.1, 0.15) is 19.3 Å². The highest BCUT2D eigenvalue weighted by atomic mass is 19.4. The summed E-state index contributed by atoms with van der Waals surface area (Å²) >= 11 is 0. The number of aliphatic carboxylic acids is 1. The molecule has 1 fully saturated rings. The molecule has 1 unspecified atom stereocenters. The molecule has 1 saturated heterocycles. The molecule has 0 aromatic heterocycles. The summed E-state index contributed by atoms with van der Waals surface area (Å²) in [5.74, 6) is -1.13. The normalized spacial score (nSPS) is 26.7. The average Bonchev–Trinajstić information content (AvgIpc) is 2.17. The second-order valence-corrected chi connectivity index (χ2v) is 3.79. The van der Waals surface area contributed by atoms with Crippen molar-refractivity contribution in [1.29, 1.82) is 0 Å². The van der Waals surface area contributed by atoms with Crippen molar-refractivity contribution in [2.75, 3.05) is 19.8 Å². The minimum atomic E-state index is -4.71. The largest absolute Gasteiger partial charge is 0.522 e. The molecule has 0 spiro atoms. The monoisotopic (exact) mass is 242 g/mol. The van der Waals surface area contributed by atoms with E-state index in [1.807, 2.05) is 0 Å². The molecule has 1 heterocycles. The molecule has 0 aliphatic carbocycles. The smallest absolute Gasteiger partial charge is 0.481 e. The van der Waals surface area contributed by atoms with Crippen LogP contribution in [0, 0.1) is 5.41 Å². The zero-order chi connectivity index (χ0) is 12.2. The number of hydrogen-bond donors (Lipinski definition) is 1. The van der Waals surface area contributed by atoms with Gasteiger partial charge in [0.05, 0.1) is 18.6 Å². The van der Waals surface area contributed by atoms with Crippen LogP contribution in [0.5, 0.6) is 0 Å². The maximum Gasteiger partial charge on any atom is 0.522 e. The maximum absolute atomic E-state index is 11.7. The van der Waals surface area contributed by atoms with Gasteiger partial charge in [0.2, 0.25) is 0 Å². The van der Waals surface area contributed by atoms with Crippen LogP contribution in [0.3, 0.4) is 0 Å². The van der Waals surface area contributed by atoms with Crippen LogP contribution in [-0.4, -0.2) is 37.3 Å². The van der Waals surface area contributed by atoms with Gasteiger partial charge in [0, 0.05) is 6.61 Å². The Morgan fingerprint density at radius 2 is 2.19 bits per heavy atom. The fraction of sp³-hybridized carbons (Fsp3) is 0.889. The van der Waals surface area contributed by atoms with E-state index in [4.69, 9.17) is 9.84 Å². The van der Waals surface area contributed by atoms with Crippen LogP contribution in [-0.2, 0) is 14.3 Å². The molecule has 7 heteroatoms. The van der Waals surface area contributed by atoms with Gasteiger partial charge in [-0.15, -0.1) is 13.2 Å². The molecule has 1 aliphatic rings. The lowest BCUT2D eigenvalue weighted by Crippen LogP contribution is -2.40. The molecule has 1 atom stereocenters. The van der Waals surface area contributed by atoms with Crippen LogP contribution in [0.4, 0.5) is 13.2 Å². The molecule has 0 aromatic rings. The van der Waals surface area contributed by atoms with Gasteiger partial charge in [0.1, 0.15) is 0 Å². The quantitative estimate of drug-likeness (QED) is 0.816. The molecule has 4 nitrogen and oxygen atoms in total. The number of carbonyl (C=O) groups is 1. The molecule has 1 aliphatic heterocycles. The van der Waals surface area contributed by atoms with Gasteiger partial charge in [-0.3, -0.25) is 9.53 Å². The van der Waals surface area contributed by atoms with Gasteiger partial charge in [-0.25, -0.2) is 0 Å². The summed E-state index contributed by atoms with van der Waals surface area (Å²) in [5, 5.41) is 9.00. The Morgan fingerprint density at radius 3 is 2.62 bits per heavy atom. The molecular weight excluding hydrogens is 229 g/mol. The van der Waals surface area contributed by atoms with Gasteiger partial charge in [-0.2, -0.15) is 0 Å². The molecule has 0 radical (unpaired) electrons. The van der Waals surface area contributed by atoms with Crippen LogP contribution in [0.25, 0.3) is 0 Å². The van der Waals surface area contributed by atoms with E-state index >= 15 is 0 Å². The summed E-state index contributed by atoms with van der Waals surface area (Å²) < 4.78 is 43.8. The summed E-state index contributed by atoms with van der Waals surface area (Å²) in [6.45, 7) is -0.252. The minimum Gasteiger partial charge on any atom is -0.481 e. The van der Waals surface area contributed by atoms with Crippen molar-refractivity contribution in [2.24, 2.45) is 5.41 Å². The van der Waals surface area contributed by atoms with Crippen molar-refractivity contribution in [3.05, 3.63) is 0 Å². The van der Waals surface area contributed by atoms with Crippen molar-refractivity contribution in [2.45, 2.75) is 25.6 Å². The highest BCUT2D eigenvalue weighted by Gasteiger charge is 2.41. The maximum atomic E-state index is 11.7. The van der Waals surface area contributed by atoms with E-state index in [1.54, 1.807) is 0 Å². The van der Waals surface area contributed by atoms with E-state index in [-0.39, 0.29) is 13.0 Å². The third-order valence-electron chi connectivity index (χ3n) is 2.62. The molecule has 0 bridgehead atoms. The van der Waals surface area contributed by atoms with E-state index in [0.717, 1.165) is 0 Å². The van der Waals surface area contributed by atoms with Gasteiger partial charge in [0.25, 0.3) is 0 Å². The van der Waals surface area contributed by atoms with E-state index in [1.165, 1.54) is 0 Å². The van der Waals surface area contributed by atoms with Gasteiger partial charge in [-0.05, 0) is 19.3 Å². The molecule has 16 heavy (non-hydrogen) atoms. The van der Waals surface area contributed by atoms with Crippen LogP contribution < -0.4 is 0 Å². The lowest BCUT2D eigenvalue weighted by molar-refractivity contribution is -0.326. The Labute approximate surface area is 90.3 Å². The Kier molecular flexibility index (Phi) is 4.15. The molecule has 1 N–H and O–H groups in total. The first-order chi connectivity index (χ1) is 7.36. The number of carboxylic acid groups (broad SMARTS) is 1. The Hall–Kier alpha value is -0.820. The molecule has 0 saturated carbocycles. The zero-order valence-electron chi connectivity index (χ0n) is 8.55. The first-order valence-electron chi connectivity index (χ1n) is 4.88. The van der Waals surface area contributed by atoms with Gasteiger partial charge in [0.15, 0.2) is 0 Å². The van der Waals surface area contributed by atoms with Gasteiger partial charge >= 0.3 is 12.3 Å². The predicted molar refractivity (Wildman–Crippen MR) is 46.7 cm³/mol. The topological polar surface area (TPSA) is 55.8 Å². The Balaban J connectivity index is 2.48. The number of hydrogen-bond acceptors (Lipinski definition) is 3. The van der Waals surface area contributed by atoms with E-state index < -0.39 is 24.4 Å². The van der Waals surface area contributed by atoms with E-state index in [9.17, 15) is 18.0 Å². The highest BCUT2D eigenvalue weighted by molar-refractivity contribution is 5.74. The van der Waals surface area contributed by atoms with Crippen LogP contribution in [0.15, 0.2) is 0 Å². The minimum absolute atomic E-state index is 0.0520. The molecule has 0 amide bonds. The van der Waals surface area contributed by atoms with Crippen LogP contribution >= 0.6 is 0 Å². The number of carboxylic acids is 1. The number of halogens is 3. The average molecular weight is 242 g/mol. The fourth-order valence-electron chi connectivity index (χ4n) is 1.69. The van der Waals surface area contributed by atoms with Crippen molar-refractivity contribution >= 4 is 5.97 Å². The first-order valence-corrected chi connectivity index (χ1v) is 4.88. The second kappa shape index (κ2) is 5.01. The van der Waals surface area contributed by atoms with Crippen molar-refractivity contribution in [1.82, 2.24) is 0 Å². The third kappa shape index (κ3) is 3.64. The first kappa shape index (κ1) is 13.2. The summed E-state index contributed by atoms with van der Waals surface area (Å²) in [4.78, 5) is 11.0. The Bertz CT molecular complexity index is 246. The number of ether oxygens (including phenoxy) is 2. The number of rotatable bonds is 4. The van der Waals surface area contributed by atoms with Crippen molar-refractivity contribution in [3.63, 3.8) is 0 Å². The fourth-order valence-corrected chi connectivity index (χ4v) is 1.69. The SMILES string of the molecule is O=C(O)C1(CCOC(F)(F)F)CCCOC1. The Morgan fingerprint density at radius 1 is 1.50 bits per heavy atom. The van der Waals surface area contributed by atoms with Crippen molar-refractivity contribution in [3.8, 4) is 0 Å². The third-order valence-corrected chi connectivity index (χ3v) is 2.62. The van der Waals surface area contributed by atoms with Gasteiger partial charge < -0.3 is 9.84 Å². The molecule has 94 valence electrons. The molecular formula is C9H13F3O4. The lowest BCUT2D eigenvalue weighted by atomic mass is 9.80. The molecule has 0 aromatic carbocycles.